The van der Waals surface area contributed by atoms with Crippen LogP contribution < -0.4 is 0 Å². The fraction of sp³-hybridized carbons (Fsp3) is 0.632. The fourth-order valence-corrected chi connectivity index (χ4v) is 3.41. The van der Waals surface area contributed by atoms with Gasteiger partial charge in [0.15, 0.2) is 0 Å². The van der Waals surface area contributed by atoms with Gasteiger partial charge in [-0.25, -0.2) is 4.79 Å². The van der Waals surface area contributed by atoms with Crippen molar-refractivity contribution in [2.24, 2.45) is 0 Å². The smallest absolute Gasteiger partial charge is 0.338 e. The second kappa shape index (κ2) is 6.62. The number of ether oxygens (including phenoxy) is 1. The zero-order valence-corrected chi connectivity index (χ0v) is 14.9. The molecule has 0 aromatic heterocycles. The van der Waals surface area contributed by atoms with Crippen molar-refractivity contribution < 1.29 is 14.7 Å². The Labute approximate surface area is 139 Å². The first-order chi connectivity index (χ1) is 10.7. The van der Waals surface area contributed by atoms with Crippen LogP contribution >= 0.6 is 0 Å². The summed E-state index contributed by atoms with van der Waals surface area (Å²) in [5, 5.41) is 13.7. The molecule has 0 unspecified atom stereocenters. The molecule has 1 aromatic carbocycles. The standard InChI is InChI=1S/C19H28NO3/c1-6-7-8-9-12-23-17(21)14-10-11-15-16(13-14)19(4,5)20(22)18(15,2)3/h10-11,13H,6-9,12H2,1-5H3. The molecule has 0 spiro atoms. The molecule has 0 fully saturated rings. The first-order valence-corrected chi connectivity index (χ1v) is 8.52. The first kappa shape index (κ1) is 18.0. The summed E-state index contributed by atoms with van der Waals surface area (Å²) in [7, 11) is 0. The summed E-state index contributed by atoms with van der Waals surface area (Å²) >= 11 is 0. The van der Waals surface area contributed by atoms with Gasteiger partial charge in [-0.05, 0) is 57.4 Å². The van der Waals surface area contributed by atoms with Crippen LogP contribution in [0.5, 0.6) is 0 Å². The van der Waals surface area contributed by atoms with Crippen LogP contribution in [0.25, 0.3) is 0 Å². The van der Waals surface area contributed by atoms with E-state index in [0.29, 0.717) is 12.2 Å². The van der Waals surface area contributed by atoms with Gasteiger partial charge in [-0.2, -0.15) is 0 Å². The van der Waals surface area contributed by atoms with Crippen LogP contribution in [0.15, 0.2) is 18.2 Å². The van der Waals surface area contributed by atoms with E-state index in [0.717, 1.165) is 35.5 Å². The molecule has 0 N–H and O–H groups in total. The minimum Gasteiger partial charge on any atom is -0.462 e. The second-order valence-electron chi connectivity index (χ2n) is 7.37. The fourth-order valence-electron chi connectivity index (χ4n) is 3.41. The molecule has 1 aliphatic rings. The zero-order chi connectivity index (χ0) is 17.3. The average Bonchev–Trinajstić information content (AvgIpc) is 2.65. The van der Waals surface area contributed by atoms with Gasteiger partial charge in [-0.3, -0.25) is 0 Å². The van der Waals surface area contributed by atoms with E-state index in [1.165, 1.54) is 6.42 Å². The predicted molar refractivity (Wildman–Crippen MR) is 89.4 cm³/mol. The summed E-state index contributed by atoms with van der Waals surface area (Å²) in [6, 6.07) is 5.48. The lowest BCUT2D eigenvalue weighted by Gasteiger charge is -2.32. The average molecular weight is 318 g/mol. The van der Waals surface area contributed by atoms with Gasteiger partial charge in [0.25, 0.3) is 0 Å². The Kier molecular flexibility index (Phi) is 5.17. The maximum Gasteiger partial charge on any atom is 0.338 e. The molecule has 1 aromatic rings. The maximum absolute atomic E-state index is 12.6. The summed E-state index contributed by atoms with van der Waals surface area (Å²) in [5.41, 5.74) is 1.20. The van der Waals surface area contributed by atoms with E-state index in [9.17, 15) is 10.0 Å². The molecule has 0 atom stereocenters. The number of hydroxylamine groups is 2. The number of hydrogen-bond donors (Lipinski definition) is 0. The van der Waals surface area contributed by atoms with Gasteiger partial charge in [0.1, 0.15) is 0 Å². The molecule has 4 nitrogen and oxygen atoms in total. The molecule has 4 heteroatoms. The van der Waals surface area contributed by atoms with Crippen LogP contribution in [0.1, 0.15) is 81.8 Å². The van der Waals surface area contributed by atoms with Crippen molar-refractivity contribution in [2.45, 2.75) is 71.4 Å². The highest BCUT2D eigenvalue weighted by Crippen LogP contribution is 2.48. The molecule has 2 rings (SSSR count). The molecule has 0 saturated carbocycles. The molecular weight excluding hydrogens is 290 g/mol. The lowest BCUT2D eigenvalue weighted by Crippen LogP contribution is -2.41. The van der Waals surface area contributed by atoms with Gasteiger partial charge in [0.2, 0.25) is 0 Å². The first-order valence-electron chi connectivity index (χ1n) is 8.52. The third-order valence-corrected chi connectivity index (χ3v) is 4.82. The van der Waals surface area contributed by atoms with E-state index < -0.39 is 11.1 Å². The topological polar surface area (TPSA) is 49.4 Å². The third kappa shape index (κ3) is 3.29. The number of rotatable bonds is 6. The SMILES string of the molecule is CCCCCCOC(=O)c1ccc2c(c1)C(C)(C)N([O])C2(C)C. The quantitative estimate of drug-likeness (QED) is 0.571. The Bertz CT molecular complexity index is 578. The summed E-state index contributed by atoms with van der Waals surface area (Å²) < 4.78 is 5.35. The van der Waals surface area contributed by atoms with Crippen LogP contribution in [-0.2, 0) is 21.0 Å². The van der Waals surface area contributed by atoms with E-state index in [-0.39, 0.29) is 5.97 Å². The van der Waals surface area contributed by atoms with Crippen LogP contribution in [-0.4, -0.2) is 17.6 Å². The highest BCUT2D eigenvalue weighted by molar-refractivity contribution is 5.90. The summed E-state index contributed by atoms with van der Waals surface area (Å²) in [6.07, 6.45) is 4.31. The predicted octanol–water partition coefficient (Wildman–Crippen LogP) is 4.56. The highest BCUT2D eigenvalue weighted by Gasteiger charge is 2.50. The molecule has 23 heavy (non-hydrogen) atoms. The molecule has 0 bridgehead atoms. The summed E-state index contributed by atoms with van der Waals surface area (Å²) in [6.45, 7) is 10.2. The Morgan fingerprint density at radius 2 is 1.70 bits per heavy atom. The number of esters is 1. The monoisotopic (exact) mass is 318 g/mol. The van der Waals surface area contributed by atoms with Crippen molar-refractivity contribution in [3.63, 3.8) is 0 Å². The lowest BCUT2D eigenvalue weighted by atomic mass is 9.89. The van der Waals surface area contributed by atoms with E-state index in [4.69, 9.17) is 4.74 Å². The number of hydrogen-bond acceptors (Lipinski definition) is 3. The highest BCUT2D eigenvalue weighted by atomic mass is 16.5. The number of nitrogens with zero attached hydrogens (tertiary/aromatic N) is 1. The van der Waals surface area contributed by atoms with Gasteiger partial charge < -0.3 is 4.74 Å². The van der Waals surface area contributed by atoms with E-state index >= 15 is 0 Å². The van der Waals surface area contributed by atoms with Crippen molar-refractivity contribution in [3.05, 3.63) is 34.9 Å². The third-order valence-electron chi connectivity index (χ3n) is 4.82. The number of benzene rings is 1. The Morgan fingerprint density at radius 3 is 2.35 bits per heavy atom. The van der Waals surface area contributed by atoms with Gasteiger partial charge in [0, 0.05) is 0 Å². The van der Waals surface area contributed by atoms with Crippen molar-refractivity contribution in [2.75, 3.05) is 6.61 Å². The van der Waals surface area contributed by atoms with Gasteiger partial charge in [0.05, 0.1) is 23.2 Å². The Balaban J connectivity index is 2.13. The van der Waals surface area contributed by atoms with Crippen molar-refractivity contribution in [3.8, 4) is 0 Å². The van der Waals surface area contributed by atoms with Crippen molar-refractivity contribution in [1.29, 1.82) is 0 Å². The molecule has 1 heterocycles. The molecular formula is C19H28NO3. The minimum absolute atomic E-state index is 0.303. The number of fused-ring (bicyclic) bond motifs is 1. The molecule has 0 saturated heterocycles. The van der Waals surface area contributed by atoms with Crippen LogP contribution in [0.3, 0.4) is 0 Å². The van der Waals surface area contributed by atoms with Crippen molar-refractivity contribution >= 4 is 5.97 Å². The van der Waals surface area contributed by atoms with Gasteiger partial charge in [-0.1, -0.05) is 32.3 Å². The molecule has 1 aliphatic heterocycles. The van der Waals surface area contributed by atoms with E-state index in [1.807, 2.05) is 39.8 Å². The molecule has 0 amide bonds. The lowest BCUT2D eigenvalue weighted by molar-refractivity contribution is -0.266. The zero-order valence-electron chi connectivity index (χ0n) is 14.9. The molecule has 127 valence electrons. The number of unbranched alkanes of at least 4 members (excludes halogenated alkanes) is 3. The summed E-state index contributed by atoms with van der Waals surface area (Å²) in [5.74, 6) is -0.303. The number of carbonyl (C=O) groups excluding carboxylic acids is 1. The second-order valence-corrected chi connectivity index (χ2v) is 7.37. The van der Waals surface area contributed by atoms with Crippen molar-refractivity contribution in [1.82, 2.24) is 5.06 Å². The Hall–Kier alpha value is -1.39. The minimum atomic E-state index is -0.643. The van der Waals surface area contributed by atoms with E-state index in [2.05, 4.69) is 6.92 Å². The van der Waals surface area contributed by atoms with Crippen LogP contribution in [0, 0.1) is 0 Å². The molecule has 0 aliphatic carbocycles. The largest absolute Gasteiger partial charge is 0.462 e. The maximum atomic E-state index is 12.6. The molecule has 1 radical (unpaired) electrons. The van der Waals surface area contributed by atoms with Gasteiger partial charge in [-0.15, -0.1) is 10.3 Å². The Morgan fingerprint density at radius 1 is 1.04 bits per heavy atom. The number of carbonyl (C=O) groups is 1. The van der Waals surface area contributed by atoms with Crippen LogP contribution in [0.2, 0.25) is 0 Å². The van der Waals surface area contributed by atoms with Crippen LogP contribution in [0.4, 0.5) is 0 Å². The van der Waals surface area contributed by atoms with E-state index in [1.54, 1.807) is 6.07 Å². The normalized spacial score (nSPS) is 18.7. The van der Waals surface area contributed by atoms with Gasteiger partial charge >= 0.3 is 5.97 Å². The summed E-state index contributed by atoms with van der Waals surface area (Å²) in [4.78, 5) is 12.2.